The molecule has 0 spiro atoms. The summed E-state index contributed by atoms with van der Waals surface area (Å²) in [5, 5.41) is 8.77. The Morgan fingerprint density at radius 3 is 2.36 bits per heavy atom. The van der Waals surface area contributed by atoms with E-state index in [2.05, 4.69) is 11.5 Å². The second kappa shape index (κ2) is 4.94. The summed E-state index contributed by atoms with van der Waals surface area (Å²) in [4.78, 5) is 4.43. The van der Waals surface area contributed by atoms with Crippen LogP contribution < -0.4 is 0 Å². The van der Waals surface area contributed by atoms with Crippen LogP contribution in [0.5, 0.6) is 0 Å². The van der Waals surface area contributed by atoms with Crippen LogP contribution in [0, 0.1) is 0 Å². The molecule has 0 saturated carbocycles. The van der Waals surface area contributed by atoms with E-state index in [1.54, 1.807) is 0 Å². The van der Waals surface area contributed by atoms with E-state index in [-0.39, 0.29) is 12.0 Å². The van der Waals surface area contributed by atoms with Crippen LogP contribution in [0.2, 0.25) is 0 Å². The molecule has 0 radical (unpaired) electrons. The third-order valence-corrected chi connectivity index (χ3v) is 2.38. The zero-order valence-electron chi connectivity index (χ0n) is 8.60. The molecule has 0 unspecified atom stereocenters. The Hall–Kier alpha value is -1.12. The van der Waals surface area contributed by atoms with Crippen molar-refractivity contribution in [1.82, 2.24) is 0 Å². The van der Waals surface area contributed by atoms with Gasteiger partial charge in [-0.1, -0.05) is 43.8 Å². The lowest BCUT2D eigenvalue weighted by Gasteiger charge is -2.21. The molecule has 1 N–H and O–H groups in total. The fraction of sp³-hybridized carbons (Fsp3) is 0.333. The summed E-state index contributed by atoms with van der Waals surface area (Å²) >= 11 is 0. The van der Waals surface area contributed by atoms with Gasteiger partial charge in [-0.3, -0.25) is 5.26 Å². The van der Waals surface area contributed by atoms with Crippen LogP contribution in [0.1, 0.15) is 25.3 Å². The fourth-order valence-corrected chi connectivity index (χ4v) is 1.54. The Morgan fingerprint density at radius 1 is 1.36 bits per heavy atom. The van der Waals surface area contributed by atoms with E-state index in [1.165, 1.54) is 0 Å². The van der Waals surface area contributed by atoms with Crippen molar-refractivity contribution in [3.63, 3.8) is 0 Å². The molecule has 14 heavy (non-hydrogen) atoms. The maximum atomic E-state index is 8.77. The molecule has 1 rings (SSSR count). The lowest BCUT2D eigenvalue weighted by atomic mass is 9.92. The summed E-state index contributed by atoms with van der Waals surface area (Å²) in [5.74, 6) is 0.110. The van der Waals surface area contributed by atoms with Gasteiger partial charge in [0.05, 0.1) is 0 Å². The molecule has 0 aromatic heterocycles. The smallest absolute Gasteiger partial charge is 0.120 e. The summed E-state index contributed by atoms with van der Waals surface area (Å²) < 4.78 is 0. The Balaban J connectivity index is 2.83. The molecule has 2 atom stereocenters. The van der Waals surface area contributed by atoms with E-state index < -0.39 is 0 Å². The lowest BCUT2D eigenvalue weighted by Crippen LogP contribution is -2.19. The van der Waals surface area contributed by atoms with Gasteiger partial charge in [0.25, 0.3) is 0 Å². The van der Waals surface area contributed by atoms with Gasteiger partial charge in [-0.05, 0) is 18.1 Å². The van der Waals surface area contributed by atoms with Crippen LogP contribution in [-0.2, 0) is 4.89 Å². The zero-order valence-corrected chi connectivity index (χ0v) is 8.60. The molecule has 0 heterocycles. The van der Waals surface area contributed by atoms with Gasteiger partial charge in [0, 0.05) is 5.92 Å². The largest absolute Gasteiger partial charge is 0.251 e. The van der Waals surface area contributed by atoms with Gasteiger partial charge in [0.1, 0.15) is 6.10 Å². The molecule has 0 amide bonds. The highest BCUT2D eigenvalue weighted by molar-refractivity contribution is 5.23. The number of benzene rings is 1. The van der Waals surface area contributed by atoms with Crippen molar-refractivity contribution in [1.29, 1.82) is 0 Å². The minimum absolute atomic E-state index is 0.110. The molecule has 1 aromatic rings. The van der Waals surface area contributed by atoms with Crippen LogP contribution >= 0.6 is 0 Å². The molecule has 1 aromatic carbocycles. The van der Waals surface area contributed by atoms with Crippen molar-refractivity contribution < 1.29 is 10.1 Å². The van der Waals surface area contributed by atoms with Crippen molar-refractivity contribution >= 4 is 0 Å². The molecule has 0 aliphatic carbocycles. The first-order chi connectivity index (χ1) is 6.66. The topological polar surface area (TPSA) is 29.5 Å². The summed E-state index contributed by atoms with van der Waals surface area (Å²) in [6, 6.07) is 9.93. The average Bonchev–Trinajstić information content (AvgIpc) is 2.19. The van der Waals surface area contributed by atoms with Crippen LogP contribution in [0.4, 0.5) is 0 Å². The molecule has 76 valence electrons. The second-order valence-electron chi connectivity index (χ2n) is 3.57. The van der Waals surface area contributed by atoms with E-state index in [1.807, 2.05) is 44.2 Å². The molecule has 2 nitrogen and oxygen atoms in total. The van der Waals surface area contributed by atoms with Crippen LogP contribution in [-0.4, -0.2) is 11.4 Å². The standard InChI is InChI=1S/C12H16O2/c1-9(2)12(14-13)10(3)11-7-5-4-6-8-11/h4-8,10,12-13H,1H2,2-3H3/t10-,12+/m1/s1. The predicted octanol–water partition coefficient (Wildman–Crippen LogP) is 3.22. The van der Waals surface area contributed by atoms with Crippen molar-refractivity contribution in [3.8, 4) is 0 Å². The van der Waals surface area contributed by atoms with Crippen molar-refractivity contribution in [3.05, 3.63) is 48.0 Å². The fourth-order valence-electron chi connectivity index (χ4n) is 1.54. The van der Waals surface area contributed by atoms with E-state index in [0.29, 0.717) is 0 Å². The van der Waals surface area contributed by atoms with E-state index in [0.717, 1.165) is 11.1 Å². The first-order valence-corrected chi connectivity index (χ1v) is 4.67. The normalized spacial score (nSPS) is 14.8. The third-order valence-electron chi connectivity index (χ3n) is 2.38. The van der Waals surface area contributed by atoms with Gasteiger partial charge in [-0.15, -0.1) is 0 Å². The summed E-state index contributed by atoms with van der Waals surface area (Å²) in [7, 11) is 0. The highest BCUT2D eigenvalue weighted by atomic mass is 17.1. The van der Waals surface area contributed by atoms with Crippen molar-refractivity contribution in [2.24, 2.45) is 0 Å². The van der Waals surface area contributed by atoms with Gasteiger partial charge >= 0.3 is 0 Å². The summed E-state index contributed by atoms with van der Waals surface area (Å²) in [6.07, 6.45) is -0.336. The second-order valence-corrected chi connectivity index (χ2v) is 3.57. The van der Waals surface area contributed by atoms with Crippen molar-refractivity contribution in [2.45, 2.75) is 25.9 Å². The van der Waals surface area contributed by atoms with Crippen molar-refractivity contribution in [2.75, 3.05) is 0 Å². The quantitative estimate of drug-likeness (QED) is 0.451. The molecular formula is C12H16O2. The maximum Gasteiger partial charge on any atom is 0.120 e. The average molecular weight is 192 g/mol. The minimum Gasteiger partial charge on any atom is -0.251 e. The molecule has 0 aliphatic heterocycles. The Kier molecular flexibility index (Phi) is 3.86. The van der Waals surface area contributed by atoms with E-state index in [4.69, 9.17) is 5.26 Å². The minimum atomic E-state index is -0.336. The first-order valence-electron chi connectivity index (χ1n) is 4.67. The first kappa shape index (κ1) is 11.0. The maximum absolute atomic E-state index is 8.77. The Labute approximate surface area is 84.8 Å². The summed E-state index contributed by atoms with van der Waals surface area (Å²) in [6.45, 7) is 7.64. The van der Waals surface area contributed by atoms with Gasteiger partial charge in [0.2, 0.25) is 0 Å². The molecule has 0 bridgehead atoms. The summed E-state index contributed by atoms with van der Waals surface area (Å²) in [5.41, 5.74) is 1.96. The number of rotatable bonds is 4. The number of hydrogen-bond donors (Lipinski definition) is 1. The monoisotopic (exact) mass is 192 g/mol. The highest BCUT2D eigenvalue weighted by Gasteiger charge is 2.20. The van der Waals surface area contributed by atoms with Crippen LogP contribution in [0.25, 0.3) is 0 Å². The Morgan fingerprint density at radius 2 is 1.93 bits per heavy atom. The molecule has 0 saturated heterocycles. The third kappa shape index (κ3) is 2.44. The van der Waals surface area contributed by atoms with Gasteiger partial charge in [0.15, 0.2) is 0 Å². The molecule has 2 heteroatoms. The van der Waals surface area contributed by atoms with Gasteiger partial charge < -0.3 is 0 Å². The van der Waals surface area contributed by atoms with E-state index in [9.17, 15) is 0 Å². The molecular weight excluding hydrogens is 176 g/mol. The lowest BCUT2D eigenvalue weighted by molar-refractivity contribution is -0.272. The van der Waals surface area contributed by atoms with Crippen LogP contribution in [0.15, 0.2) is 42.5 Å². The van der Waals surface area contributed by atoms with Gasteiger partial charge in [-0.25, -0.2) is 4.89 Å². The Bertz CT molecular complexity index is 292. The SMILES string of the molecule is C=C(C)[C@H](OO)[C@H](C)c1ccccc1. The molecule has 0 aliphatic rings. The number of hydrogen-bond acceptors (Lipinski definition) is 2. The predicted molar refractivity (Wildman–Crippen MR) is 57.2 cm³/mol. The van der Waals surface area contributed by atoms with E-state index >= 15 is 0 Å². The zero-order chi connectivity index (χ0) is 10.6. The van der Waals surface area contributed by atoms with Crippen LogP contribution in [0.3, 0.4) is 0 Å². The highest BCUT2D eigenvalue weighted by Crippen LogP contribution is 2.24. The van der Waals surface area contributed by atoms with Gasteiger partial charge in [-0.2, -0.15) is 0 Å². The molecule has 0 fully saturated rings.